The number of rotatable bonds is 6. The van der Waals surface area contributed by atoms with Crippen LogP contribution in [0, 0.1) is 5.82 Å². The van der Waals surface area contributed by atoms with Crippen molar-refractivity contribution in [3.05, 3.63) is 54.3 Å². The minimum atomic E-state index is -0.238. The first-order chi connectivity index (χ1) is 9.67. The molecule has 0 aliphatic carbocycles. The molecule has 1 atom stereocenters. The number of hydrogen-bond acceptors (Lipinski definition) is 3. The molecule has 106 valence electrons. The molecule has 2 rings (SSSR count). The Morgan fingerprint density at radius 1 is 1.00 bits per heavy atom. The average molecular weight is 275 g/mol. The van der Waals surface area contributed by atoms with E-state index in [1.807, 2.05) is 31.2 Å². The summed E-state index contributed by atoms with van der Waals surface area (Å²) in [6.07, 6.45) is -0.00607. The molecule has 0 amide bonds. The van der Waals surface area contributed by atoms with E-state index in [-0.39, 0.29) is 11.9 Å². The fourth-order valence-electron chi connectivity index (χ4n) is 1.76. The van der Waals surface area contributed by atoms with Gasteiger partial charge in [-0.2, -0.15) is 0 Å². The molecule has 0 saturated carbocycles. The zero-order chi connectivity index (χ0) is 14.4. The van der Waals surface area contributed by atoms with Crippen LogP contribution in [-0.2, 0) is 0 Å². The largest absolute Gasteiger partial charge is 0.497 e. The second-order valence-electron chi connectivity index (χ2n) is 4.49. The van der Waals surface area contributed by atoms with Crippen LogP contribution in [0.1, 0.15) is 6.92 Å². The van der Waals surface area contributed by atoms with Gasteiger partial charge in [0, 0.05) is 5.69 Å². The molecule has 3 nitrogen and oxygen atoms in total. The van der Waals surface area contributed by atoms with Crippen LogP contribution in [0.3, 0.4) is 0 Å². The van der Waals surface area contributed by atoms with Gasteiger partial charge >= 0.3 is 0 Å². The number of benzene rings is 2. The second kappa shape index (κ2) is 6.80. The number of ether oxygens (including phenoxy) is 2. The van der Waals surface area contributed by atoms with E-state index in [2.05, 4.69) is 5.32 Å². The highest BCUT2D eigenvalue weighted by atomic mass is 19.1. The van der Waals surface area contributed by atoms with Crippen LogP contribution < -0.4 is 14.8 Å². The van der Waals surface area contributed by atoms with Crippen molar-refractivity contribution in [2.75, 3.05) is 19.0 Å². The van der Waals surface area contributed by atoms with Crippen LogP contribution in [0.5, 0.6) is 11.5 Å². The van der Waals surface area contributed by atoms with E-state index >= 15 is 0 Å². The van der Waals surface area contributed by atoms with Gasteiger partial charge in [0.15, 0.2) is 0 Å². The average Bonchev–Trinajstić information content (AvgIpc) is 2.47. The van der Waals surface area contributed by atoms with Gasteiger partial charge in [0.25, 0.3) is 0 Å². The van der Waals surface area contributed by atoms with Gasteiger partial charge in [0.05, 0.1) is 13.7 Å². The Kier molecular flexibility index (Phi) is 4.82. The fourth-order valence-corrected chi connectivity index (χ4v) is 1.76. The molecule has 0 aliphatic rings. The first kappa shape index (κ1) is 14.2. The lowest BCUT2D eigenvalue weighted by atomic mass is 10.3. The number of halogens is 1. The minimum absolute atomic E-state index is 0.00607. The van der Waals surface area contributed by atoms with Gasteiger partial charge in [0.1, 0.15) is 23.4 Å². The Balaban J connectivity index is 1.82. The van der Waals surface area contributed by atoms with E-state index < -0.39 is 0 Å². The molecule has 1 N–H and O–H groups in total. The van der Waals surface area contributed by atoms with Gasteiger partial charge in [-0.15, -0.1) is 0 Å². The van der Waals surface area contributed by atoms with Crippen molar-refractivity contribution in [3.8, 4) is 11.5 Å². The summed E-state index contributed by atoms with van der Waals surface area (Å²) in [7, 11) is 1.63. The van der Waals surface area contributed by atoms with E-state index in [4.69, 9.17) is 9.47 Å². The SMILES string of the molecule is COc1ccc(OC(C)CNc2ccc(F)cc2)cc1. The van der Waals surface area contributed by atoms with E-state index in [1.54, 1.807) is 19.2 Å². The Hall–Kier alpha value is -2.23. The lowest BCUT2D eigenvalue weighted by Crippen LogP contribution is -2.22. The second-order valence-corrected chi connectivity index (χ2v) is 4.49. The number of hydrogen-bond donors (Lipinski definition) is 1. The molecular weight excluding hydrogens is 257 g/mol. The smallest absolute Gasteiger partial charge is 0.123 e. The summed E-state index contributed by atoms with van der Waals surface area (Å²) < 4.78 is 23.6. The number of anilines is 1. The Bertz CT molecular complexity index is 525. The number of methoxy groups -OCH3 is 1. The Morgan fingerprint density at radius 2 is 1.60 bits per heavy atom. The van der Waals surface area contributed by atoms with Gasteiger partial charge in [-0.05, 0) is 55.5 Å². The molecule has 2 aromatic rings. The normalized spacial score (nSPS) is 11.8. The molecule has 1 unspecified atom stereocenters. The van der Waals surface area contributed by atoms with Crippen LogP contribution in [0.15, 0.2) is 48.5 Å². The molecule has 4 heteroatoms. The lowest BCUT2D eigenvalue weighted by Gasteiger charge is -2.16. The molecule has 0 spiro atoms. The molecule has 0 saturated heterocycles. The van der Waals surface area contributed by atoms with Crippen LogP contribution in [0.2, 0.25) is 0 Å². The first-order valence-electron chi connectivity index (χ1n) is 6.47. The maximum Gasteiger partial charge on any atom is 0.123 e. The maximum absolute atomic E-state index is 12.8. The molecule has 2 aromatic carbocycles. The third-order valence-electron chi connectivity index (χ3n) is 2.83. The van der Waals surface area contributed by atoms with Gasteiger partial charge < -0.3 is 14.8 Å². The van der Waals surface area contributed by atoms with Gasteiger partial charge in [-0.25, -0.2) is 4.39 Å². The van der Waals surface area contributed by atoms with Crippen molar-refractivity contribution < 1.29 is 13.9 Å². The topological polar surface area (TPSA) is 30.5 Å². The van der Waals surface area contributed by atoms with Crippen molar-refractivity contribution in [1.82, 2.24) is 0 Å². The highest BCUT2D eigenvalue weighted by Gasteiger charge is 2.04. The summed E-state index contributed by atoms with van der Waals surface area (Å²) in [4.78, 5) is 0. The quantitative estimate of drug-likeness (QED) is 0.871. The summed E-state index contributed by atoms with van der Waals surface area (Å²) in [5, 5.41) is 3.20. The molecule has 0 aliphatic heterocycles. The van der Waals surface area contributed by atoms with Gasteiger partial charge in [-0.1, -0.05) is 0 Å². The maximum atomic E-state index is 12.8. The van der Waals surface area contributed by atoms with Crippen LogP contribution in [0.25, 0.3) is 0 Å². The predicted molar refractivity (Wildman–Crippen MR) is 78.0 cm³/mol. The molecule has 0 heterocycles. The van der Waals surface area contributed by atoms with Gasteiger partial charge in [0.2, 0.25) is 0 Å². The van der Waals surface area contributed by atoms with Crippen molar-refractivity contribution in [2.24, 2.45) is 0 Å². The zero-order valence-corrected chi connectivity index (χ0v) is 11.6. The zero-order valence-electron chi connectivity index (χ0n) is 11.6. The minimum Gasteiger partial charge on any atom is -0.497 e. The van der Waals surface area contributed by atoms with Crippen molar-refractivity contribution in [2.45, 2.75) is 13.0 Å². The highest BCUT2D eigenvalue weighted by molar-refractivity contribution is 5.42. The summed E-state index contributed by atoms with van der Waals surface area (Å²) in [5.74, 6) is 1.35. The molecule has 0 aromatic heterocycles. The summed E-state index contributed by atoms with van der Waals surface area (Å²) in [6.45, 7) is 2.61. The van der Waals surface area contributed by atoms with Crippen molar-refractivity contribution in [1.29, 1.82) is 0 Å². The Morgan fingerprint density at radius 3 is 2.20 bits per heavy atom. The molecule has 20 heavy (non-hydrogen) atoms. The Labute approximate surface area is 118 Å². The van der Waals surface area contributed by atoms with E-state index in [0.29, 0.717) is 6.54 Å². The number of nitrogens with one attached hydrogen (secondary N) is 1. The van der Waals surface area contributed by atoms with E-state index in [1.165, 1.54) is 12.1 Å². The summed E-state index contributed by atoms with van der Waals surface area (Å²) >= 11 is 0. The van der Waals surface area contributed by atoms with E-state index in [9.17, 15) is 4.39 Å². The van der Waals surface area contributed by atoms with Crippen molar-refractivity contribution >= 4 is 5.69 Å². The van der Waals surface area contributed by atoms with E-state index in [0.717, 1.165) is 17.2 Å². The van der Waals surface area contributed by atoms with Crippen molar-refractivity contribution in [3.63, 3.8) is 0 Å². The monoisotopic (exact) mass is 275 g/mol. The van der Waals surface area contributed by atoms with Gasteiger partial charge in [-0.3, -0.25) is 0 Å². The third-order valence-corrected chi connectivity index (χ3v) is 2.83. The summed E-state index contributed by atoms with van der Waals surface area (Å²) in [6, 6.07) is 13.7. The molecule has 0 fully saturated rings. The van der Waals surface area contributed by atoms with Crippen LogP contribution in [0.4, 0.5) is 10.1 Å². The first-order valence-corrected chi connectivity index (χ1v) is 6.47. The van der Waals surface area contributed by atoms with Crippen LogP contribution in [-0.4, -0.2) is 19.8 Å². The predicted octanol–water partition coefficient (Wildman–Crippen LogP) is 3.71. The standard InChI is InChI=1S/C16H18FNO2/c1-12(11-18-14-5-3-13(17)4-6-14)20-16-9-7-15(19-2)8-10-16/h3-10,12,18H,11H2,1-2H3. The van der Waals surface area contributed by atoms with Crippen LogP contribution >= 0.6 is 0 Å². The fraction of sp³-hybridized carbons (Fsp3) is 0.250. The third kappa shape index (κ3) is 4.16. The molecule has 0 radical (unpaired) electrons. The molecule has 0 bridgehead atoms. The molecular formula is C16H18FNO2. The summed E-state index contributed by atoms with van der Waals surface area (Å²) in [5.41, 5.74) is 0.872. The lowest BCUT2D eigenvalue weighted by molar-refractivity contribution is 0.234. The highest BCUT2D eigenvalue weighted by Crippen LogP contribution is 2.18.